The number of nitrogens with zero attached hydrogens (tertiary/aromatic N) is 1. The van der Waals surface area contributed by atoms with E-state index < -0.39 is 35.5 Å². The number of likely N-dealkylation sites (tertiary alicyclic amines) is 1. The first-order chi connectivity index (χ1) is 13.8. The van der Waals surface area contributed by atoms with Crippen molar-refractivity contribution in [2.24, 2.45) is 0 Å². The molecule has 0 radical (unpaired) electrons. The third kappa shape index (κ3) is 5.51. The predicted molar refractivity (Wildman–Crippen MR) is 103 cm³/mol. The van der Waals surface area contributed by atoms with E-state index in [1.54, 1.807) is 12.1 Å². The van der Waals surface area contributed by atoms with E-state index in [-0.39, 0.29) is 29.8 Å². The SMILES string of the molecule is O=C(Nc1cccc(SC(F)F)c1)C1CC(O)CN1C(=O)Cc1ccccc1F. The number of rotatable bonds is 6. The summed E-state index contributed by atoms with van der Waals surface area (Å²) < 4.78 is 38.9. The van der Waals surface area contributed by atoms with Crippen LogP contribution in [0.5, 0.6) is 0 Å². The van der Waals surface area contributed by atoms with Crippen LogP contribution in [0.4, 0.5) is 18.9 Å². The Kier molecular flexibility index (Phi) is 6.81. The number of β-amino-alcohol motifs (C(OH)–C–C–N with tert-alkyl or cyclic N) is 1. The number of amides is 2. The van der Waals surface area contributed by atoms with Gasteiger partial charge in [0.15, 0.2) is 0 Å². The van der Waals surface area contributed by atoms with E-state index in [9.17, 15) is 27.9 Å². The Bertz CT molecular complexity index is 897. The molecule has 2 N–H and O–H groups in total. The number of thioether (sulfide) groups is 1. The number of hydrogen-bond donors (Lipinski definition) is 2. The van der Waals surface area contributed by atoms with E-state index in [2.05, 4.69) is 5.32 Å². The molecule has 2 unspecified atom stereocenters. The third-order valence-corrected chi connectivity index (χ3v) is 5.23. The summed E-state index contributed by atoms with van der Waals surface area (Å²) in [6.07, 6.45) is -1.07. The number of alkyl halides is 2. The average Bonchev–Trinajstić information content (AvgIpc) is 3.05. The standard InChI is InChI=1S/C20H19F3N2O3S/c21-16-7-2-1-4-12(16)8-18(27)25-11-14(26)10-17(25)19(28)24-13-5-3-6-15(9-13)29-20(22)23/h1-7,9,14,17,20,26H,8,10-11H2,(H,24,28). The van der Waals surface area contributed by atoms with E-state index in [0.717, 1.165) is 0 Å². The molecule has 2 aromatic rings. The first-order valence-corrected chi connectivity index (χ1v) is 9.78. The molecule has 1 aliphatic heterocycles. The lowest BCUT2D eigenvalue weighted by Crippen LogP contribution is -2.44. The van der Waals surface area contributed by atoms with Crippen LogP contribution in [-0.4, -0.2) is 46.3 Å². The van der Waals surface area contributed by atoms with Crippen molar-refractivity contribution in [3.8, 4) is 0 Å². The Morgan fingerprint density at radius 3 is 2.69 bits per heavy atom. The summed E-state index contributed by atoms with van der Waals surface area (Å²) in [6, 6.07) is 10.9. The van der Waals surface area contributed by atoms with Gasteiger partial charge >= 0.3 is 0 Å². The Balaban J connectivity index is 1.70. The van der Waals surface area contributed by atoms with Gasteiger partial charge in [-0.1, -0.05) is 36.0 Å². The largest absolute Gasteiger partial charge is 0.391 e. The van der Waals surface area contributed by atoms with Gasteiger partial charge in [0.2, 0.25) is 11.8 Å². The molecular weight excluding hydrogens is 405 g/mol. The highest BCUT2D eigenvalue weighted by Crippen LogP contribution is 2.28. The summed E-state index contributed by atoms with van der Waals surface area (Å²) >= 11 is 0.356. The molecule has 2 amide bonds. The van der Waals surface area contributed by atoms with Crippen LogP contribution in [0, 0.1) is 5.82 Å². The van der Waals surface area contributed by atoms with Crippen molar-refractivity contribution in [2.75, 3.05) is 11.9 Å². The van der Waals surface area contributed by atoms with E-state index in [4.69, 9.17) is 0 Å². The summed E-state index contributed by atoms with van der Waals surface area (Å²) in [5.74, 6) is -4.12. The van der Waals surface area contributed by atoms with Crippen LogP contribution in [0.1, 0.15) is 12.0 Å². The summed E-state index contributed by atoms with van der Waals surface area (Å²) in [7, 11) is 0. The highest BCUT2D eigenvalue weighted by Gasteiger charge is 2.38. The monoisotopic (exact) mass is 424 g/mol. The van der Waals surface area contributed by atoms with Crippen molar-refractivity contribution in [2.45, 2.75) is 35.6 Å². The summed E-state index contributed by atoms with van der Waals surface area (Å²) in [4.78, 5) is 26.8. The quantitative estimate of drug-likeness (QED) is 0.699. The molecule has 5 nitrogen and oxygen atoms in total. The minimum Gasteiger partial charge on any atom is -0.391 e. The molecule has 0 aromatic heterocycles. The van der Waals surface area contributed by atoms with Crippen LogP contribution in [-0.2, 0) is 16.0 Å². The fourth-order valence-electron chi connectivity index (χ4n) is 3.22. The van der Waals surface area contributed by atoms with Crippen molar-refractivity contribution in [3.05, 3.63) is 59.9 Å². The number of halogens is 3. The van der Waals surface area contributed by atoms with Crippen LogP contribution < -0.4 is 5.32 Å². The number of anilines is 1. The lowest BCUT2D eigenvalue weighted by Gasteiger charge is -2.24. The Hall–Kier alpha value is -2.52. The number of hydrogen-bond acceptors (Lipinski definition) is 4. The molecular formula is C20H19F3N2O3S. The second kappa shape index (κ2) is 9.32. The van der Waals surface area contributed by atoms with Gasteiger partial charge in [0.25, 0.3) is 5.76 Å². The average molecular weight is 424 g/mol. The predicted octanol–water partition coefficient (Wildman–Crippen LogP) is 3.28. The molecule has 1 heterocycles. The number of carbonyl (C=O) groups excluding carboxylic acids is 2. The van der Waals surface area contributed by atoms with Crippen molar-refractivity contribution >= 4 is 29.3 Å². The zero-order chi connectivity index (χ0) is 21.0. The zero-order valence-electron chi connectivity index (χ0n) is 15.2. The van der Waals surface area contributed by atoms with Gasteiger partial charge in [-0.3, -0.25) is 9.59 Å². The molecule has 1 saturated heterocycles. The van der Waals surface area contributed by atoms with E-state index >= 15 is 0 Å². The van der Waals surface area contributed by atoms with Gasteiger partial charge in [0.05, 0.1) is 12.5 Å². The normalized spacial score (nSPS) is 18.9. The second-order valence-electron chi connectivity index (χ2n) is 6.62. The molecule has 0 bridgehead atoms. The van der Waals surface area contributed by atoms with Crippen LogP contribution >= 0.6 is 11.8 Å². The van der Waals surface area contributed by atoms with Crippen LogP contribution in [0.15, 0.2) is 53.4 Å². The Labute approximate surface area is 169 Å². The van der Waals surface area contributed by atoms with E-state index in [1.165, 1.54) is 41.3 Å². The number of carbonyl (C=O) groups is 2. The molecule has 154 valence electrons. The van der Waals surface area contributed by atoms with E-state index in [0.29, 0.717) is 17.4 Å². The topological polar surface area (TPSA) is 69.6 Å². The highest BCUT2D eigenvalue weighted by molar-refractivity contribution is 7.99. The molecule has 0 spiro atoms. The second-order valence-corrected chi connectivity index (χ2v) is 7.68. The fourth-order valence-corrected chi connectivity index (χ4v) is 3.78. The maximum absolute atomic E-state index is 13.8. The molecule has 2 atom stereocenters. The molecule has 1 aliphatic rings. The van der Waals surface area contributed by atoms with Crippen LogP contribution in [0.3, 0.4) is 0 Å². The smallest absolute Gasteiger partial charge is 0.288 e. The lowest BCUT2D eigenvalue weighted by atomic mass is 10.1. The van der Waals surface area contributed by atoms with Crippen LogP contribution in [0.2, 0.25) is 0 Å². The van der Waals surface area contributed by atoms with Gasteiger partial charge < -0.3 is 15.3 Å². The first kappa shape index (κ1) is 21.2. The van der Waals surface area contributed by atoms with Crippen LogP contribution in [0.25, 0.3) is 0 Å². The number of aliphatic hydroxyl groups is 1. The molecule has 0 saturated carbocycles. The zero-order valence-corrected chi connectivity index (χ0v) is 16.0. The van der Waals surface area contributed by atoms with Gasteiger partial charge in [-0.05, 0) is 29.8 Å². The maximum Gasteiger partial charge on any atom is 0.288 e. The summed E-state index contributed by atoms with van der Waals surface area (Å²) in [5.41, 5.74) is 0.512. The highest BCUT2D eigenvalue weighted by atomic mass is 32.2. The molecule has 0 aliphatic carbocycles. The fraction of sp³-hybridized carbons (Fsp3) is 0.300. The number of nitrogens with one attached hydrogen (secondary N) is 1. The van der Waals surface area contributed by atoms with Gasteiger partial charge in [0.1, 0.15) is 11.9 Å². The maximum atomic E-state index is 13.8. The van der Waals surface area contributed by atoms with Crippen molar-refractivity contribution in [3.63, 3.8) is 0 Å². The Morgan fingerprint density at radius 2 is 1.97 bits per heavy atom. The van der Waals surface area contributed by atoms with Gasteiger partial charge in [-0.2, -0.15) is 8.78 Å². The molecule has 9 heteroatoms. The summed E-state index contributed by atoms with van der Waals surface area (Å²) in [6.45, 7) is -0.0351. The van der Waals surface area contributed by atoms with Crippen molar-refractivity contribution in [1.29, 1.82) is 0 Å². The minimum atomic E-state index is -2.59. The lowest BCUT2D eigenvalue weighted by molar-refractivity contribution is -0.136. The minimum absolute atomic E-state index is 0.0351. The number of aliphatic hydroxyl groups excluding tert-OH is 1. The van der Waals surface area contributed by atoms with E-state index in [1.807, 2.05) is 0 Å². The van der Waals surface area contributed by atoms with Crippen molar-refractivity contribution in [1.82, 2.24) is 4.90 Å². The Morgan fingerprint density at radius 1 is 1.21 bits per heavy atom. The molecule has 29 heavy (non-hydrogen) atoms. The van der Waals surface area contributed by atoms with Gasteiger partial charge in [0, 0.05) is 23.5 Å². The molecule has 3 rings (SSSR count). The van der Waals surface area contributed by atoms with Gasteiger partial charge in [-0.15, -0.1) is 0 Å². The molecule has 1 fully saturated rings. The van der Waals surface area contributed by atoms with Gasteiger partial charge in [-0.25, -0.2) is 4.39 Å². The first-order valence-electron chi connectivity index (χ1n) is 8.90. The third-order valence-electron chi connectivity index (χ3n) is 4.53. The number of benzene rings is 2. The summed E-state index contributed by atoms with van der Waals surface area (Å²) in [5, 5.41) is 12.6. The van der Waals surface area contributed by atoms with Crippen molar-refractivity contribution < 1.29 is 27.9 Å². The molecule has 2 aromatic carbocycles.